The quantitative estimate of drug-likeness (QED) is 0.455. The third-order valence-corrected chi connectivity index (χ3v) is 4.58. The zero-order chi connectivity index (χ0) is 11.6. The molecule has 0 fully saturated rings. The van der Waals surface area contributed by atoms with E-state index in [0.29, 0.717) is 4.83 Å². The van der Waals surface area contributed by atoms with Gasteiger partial charge in [0.15, 0.2) is 0 Å². The Morgan fingerprint density at radius 3 is 2.56 bits per heavy atom. The molecule has 2 heteroatoms. The fourth-order valence-electron chi connectivity index (χ4n) is 1.68. The van der Waals surface area contributed by atoms with E-state index < -0.39 is 0 Å². The van der Waals surface area contributed by atoms with Gasteiger partial charge >= 0.3 is 0 Å². The van der Waals surface area contributed by atoms with Crippen molar-refractivity contribution >= 4 is 27.7 Å². The summed E-state index contributed by atoms with van der Waals surface area (Å²) in [7, 11) is 0. The second-order valence-corrected chi connectivity index (χ2v) is 6.42. The van der Waals surface area contributed by atoms with E-state index in [-0.39, 0.29) is 0 Å². The lowest BCUT2D eigenvalue weighted by atomic mass is 10.1. The summed E-state index contributed by atoms with van der Waals surface area (Å²) in [6, 6.07) is 10.7. The maximum Gasteiger partial charge on any atom is 0.0395 e. The molecule has 0 aliphatic rings. The van der Waals surface area contributed by atoms with Crippen LogP contribution in [0.3, 0.4) is 0 Å². The summed E-state index contributed by atoms with van der Waals surface area (Å²) in [4.78, 5) is 0.535. The Labute approximate surface area is 112 Å². The Hall–Kier alpha value is 0.0500. The molecule has 0 nitrogen and oxygen atoms in total. The van der Waals surface area contributed by atoms with Gasteiger partial charge in [-0.25, -0.2) is 0 Å². The van der Waals surface area contributed by atoms with Gasteiger partial charge in [0.05, 0.1) is 0 Å². The molecule has 0 amide bonds. The molecule has 0 bridgehead atoms. The van der Waals surface area contributed by atoms with Crippen LogP contribution in [0.15, 0.2) is 30.3 Å². The highest BCUT2D eigenvalue weighted by molar-refractivity contribution is 9.09. The minimum Gasteiger partial charge on any atom is -0.162 e. The van der Waals surface area contributed by atoms with Crippen LogP contribution < -0.4 is 0 Å². The van der Waals surface area contributed by atoms with Crippen molar-refractivity contribution in [2.45, 2.75) is 37.4 Å². The van der Waals surface area contributed by atoms with Gasteiger partial charge in [-0.3, -0.25) is 0 Å². The molecule has 0 N–H and O–H groups in total. The molecule has 1 aromatic rings. The number of rotatable bonds is 8. The summed E-state index contributed by atoms with van der Waals surface area (Å²) < 4.78 is 0. The first-order valence-corrected chi connectivity index (χ1v) is 8.18. The van der Waals surface area contributed by atoms with Gasteiger partial charge in [-0.1, -0.05) is 66.0 Å². The average Bonchev–Trinajstić information content (AvgIpc) is 2.34. The summed E-state index contributed by atoms with van der Waals surface area (Å²) in [5.41, 5.74) is 1.41. The number of benzene rings is 1. The Kier molecular flexibility index (Phi) is 8.04. The molecular formula is C14H21BrS. The van der Waals surface area contributed by atoms with Gasteiger partial charge in [0.25, 0.3) is 0 Å². The summed E-state index contributed by atoms with van der Waals surface area (Å²) in [5.74, 6) is 2.58. The Morgan fingerprint density at radius 2 is 1.88 bits per heavy atom. The number of alkyl halides is 1. The molecule has 1 rings (SSSR count). The van der Waals surface area contributed by atoms with Crippen LogP contribution in [0.5, 0.6) is 0 Å². The van der Waals surface area contributed by atoms with Crippen LogP contribution in [0.25, 0.3) is 0 Å². The smallest absolute Gasteiger partial charge is 0.0395 e. The Bertz CT molecular complexity index is 261. The predicted octanol–water partition coefficient (Wildman–Crippen LogP) is 5.44. The van der Waals surface area contributed by atoms with Crippen molar-refractivity contribution in [3.63, 3.8) is 0 Å². The van der Waals surface area contributed by atoms with Gasteiger partial charge in [-0.2, -0.15) is 11.8 Å². The van der Waals surface area contributed by atoms with Crippen molar-refractivity contribution in [3.8, 4) is 0 Å². The van der Waals surface area contributed by atoms with Crippen molar-refractivity contribution in [1.82, 2.24) is 0 Å². The molecule has 0 aliphatic carbocycles. The van der Waals surface area contributed by atoms with E-state index in [4.69, 9.17) is 0 Å². The average molecular weight is 301 g/mol. The first-order chi connectivity index (χ1) is 7.84. The molecule has 0 saturated carbocycles. The lowest BCUT2D eigenvalue weighted by Crippen LogP contribution is -1.90. The van der Waals surface area contributed by atoms with Crippen molar-refractivity contribution in [1.29, 1.82) is 0 Å². The third-order valence-electron chi connectivity index (χ3n) is 2.61. The van der Waals surface area contributed by atoms with E-state index in [0.717, 1.165) is 0 Å². The highest BCUT2D eigenvalue weighted by Gasteiger charge is 2.05. The molecule has 1 aromatic carbocycles. The van der Waals surface area contributed by atoms with Crippen LogP contribution in [0.2, 0.25) is 0 Å². The van der Waals surface area contributed by atoms with E-state index in [2.05, 4.69) is 64.9 Å². The van der Waals surface area contributed by atoms with Crippen LogP contribution in [-0.2, 0) is 0 Å². The van der Waals surface area contributed by atoms with Gasteiger partial charge in [-0.15, -0.1) is 0 Å². The topological polar surface area (TPSA) is 0 Å². The maximum absolute atomic E-state index is 3.76. The van der Waals surface area contributed by atoms with Crippen molar-refractivity contribution in [2.75, 3.05) is 11.5 Å². The number of halogens is 1. The van der Waals surface area contributed by atoms with Crippen molar-refractivity contribution in [2.24, 2.45) is 0 Å². The SMILES string of the molecule is CCSCCCCCC(Br)c1ccccc1. The minimum absolute atomic E-state index is 0.535. The van der Waals surface area contributed by atoms with Crippen LogP contribution in [0.1, 0.15) is 43.0 Å². The second kappa shape index (κ2) is 9.12. The molecular weight excluding hydrogens is 280 g/mol. The lowest BCUT2D eigenvalue weighted by Gasteiger charge is -2.09. The number of thioether (sulfide) groups is 1. The summed E-state index contributed by atoms with van der Waals surface area (Å²) in [5, 5.41) is 0. The van der Waals surface area contributed by atoms with Crippen molar-refractivity contribution in [3.05, 3.63) is 35.9 Å². The van der Waals surface area contributed by atoms with Crippen LogP contribution in [0, 0.1) is 0 Å². The highest BCUT2D eigenvalue weighted by atomic mass is 79.9. The summed E-state index contributed by atoms with van der Waals surface area (Å²) >= 11 is 5.82. The fraction of sp³-hybridized carbons (Fsp3) is 0.571. The third kappa shape index (κ3) is 5.95. The largest absolute Gasteiger partial charge is 0.162 e. The highest BCUT2D eigenvalue weighted by Crippen LogP contribution is 2.28. The van der Waals surface area contributed by atoms with Gasteiger partial charge in [0, 0.05) is 4.83 Å². The molecule has 0 radical (unpaired) electrons. The zero-order valence-corrected chi connectivity index (χ0v) is 12.4. The minimum atomic E-state index is 0.535. The Morgan fingerprint density at radius 1 is 1.12 bits per heavy atom. The van der Waals surface area contributed by atoms with Gasteiger partial charge in [-0.05, 0) is 29.9 Å². The molecule has 16 heavy (non-hydrogen) atoms. The zero-order valence-electron chi connectivity index (χ0n) is 9.99. The predicted molar refractivity (Wildman–Crippen MR) is 79.6 cm³/mol. The fourth-order valence-corrected chi connectivity index (χ4v) is 3.00. The summed E-state index contributed by atoms with van der Waals surface area (Å²) in [6.07, 6.45) is 5.31. The number of unbranched alkanes of at least 4 members (excludes halogenated alkanes) is 2. The van der Waals surface area contributed by atoms with E-state index in [9.17, 15) is 0 Å². The molecule has 0 saturated heterocycles. The van der Waals surface area contributed by atoms with E-state index in [1.54, 1.807) is 0 Å². The van der Waals surface area contributed by atoms with Crippen LogP contribution >= 0.6 is 27.7 Å². The normalized spacial score (nSPS) is 12.6. The van der Waals surface area contributed by atoms with Crippen molar-refractivity contribution < 1.29 is 0 Å². The summed E-state index contributed by atoms with van der Waals surface area (Å²) in [6.45, 7) is 2.23. The Balaban J connectivity index is 2.09. The van der Waals surface area contributed by atoms with Gasteiger partial charge in [0.2, 0.25) is 0 Å². The maximum atomic E-state index is 3.76. The van der Waals surface area contributed by atoms with E-state index >= 15 is 0 Å². The molecule has 0 aliphatic heterocycles. The molecule has 1 atom stereocenters. The molecule has 90 valence electrons. The van der Waals surface area contributed by atoms with E-state index in [1.165, 1.54) is 42.8 Å². The number of hydrogen-bond donors (Lipinski definition) is 0. The monoisotopic (exact) mass is 300 g/mol. The molecule has 0 heterocycles. The van der Waals surface area contributed by atoms with Crippen LogP contribution in [-0.4, -0.2) is 11.5 Å². The van der Waals surface area contributed by atoms with E-state index in [1.807, 2.05) is 0 Å². The lowest BCUT2D eigenvalue weighted by molar-refractivity contribution is 0.667. The van der Waals surface area contributed by atoms with Crippen LogP contribution in [0.4, 0.5) is 0 Å². The van der Waals surface area contributed by atoms with Gasteiger partial charge < -0.3 is 0 Å². The first-order valence-electron chi connectivity index (χ1n) is 6.11. The number of hydrogen-bond acceptors (Lipinski definition) is 1. The second-order valence-electron chi connectivity index (χ2n) is 3.92. The van der Waals surface area contributed by atoms with Gasteiger partial charge in [0.1, 0.15) is 0 Å². The molecule has 1 unspecified atom stereocenters. The standard InChI is InChI=1S/C14H21BrS/c1-2-16-12-8-4-7-11-14(15)13-9-5-3-6-10-13/h3,5-6,9-10,14H,2,4,7-8,11-12H2,1H3. The molecule has 0 aromatic heterocycles. The first kappa shape index (κ1) is 14.1. The molecule has 0 spiro atoms.